The summed E-state index contributed by atoms with van der Waals surface area (Å²) in [5, 5.41) is 11.7. The van der Waals surface area contributed by atoms with Gasteiger partial charge in [0, 0.05) is 31.5 Å². The number of hydrogen-bond donors (Lipinski definition) is 2. The van der Waals surface area contributed by atoms with Crippen LogP contribution >= 0.6 is 0 Å². The number of hydrogen-bond acceptors (Lipinski definition) is 4. The van der Waals surface area contributed by atoms with Crippen LogP contribution in [0.3, 0.4) is 0 Å². The number of benzene rings is 2. The van der Waals surface area contributed by atoms with Crippen LogP contribution in [0.4, 0.5) is 4.79 Å². The highest BCUT2D eigenvalue weighted by Gasteiger charge is 2.33. The summed E-state index contributed by atoms with van der Waals surface area (Å²) in [4.78, 5) is 37.2. The van der Waals surface area contributed by atoms with Crippen molar-refractivity contribution in [3.8, 4) is 11.1 Å². The second-order valence-corrected chi connectivity index (χ2v) is 8.58. The molecule has 2 aromatic rings. The maximum Gasteiger partial charge on any atom is 0.407 e. The van der Waals surface area contributed by atoms with Crippen LogP contribution < -0.4 is 5.32 Å². The average molecular weight is 437 g/mol. The first kappa shape index (κ1) is 21.9. The summed E-state index contributed by atoms with van der Waals surface area (Å²) in [6, 6.07) is 16.3. The van der Waals surface area contributed by atoms with Gasteiger partial charge in [0.25, 0.3) is 0 Å². The molecule has 168 valence electrons. The molecule has 4 rings (SSSR count). The number of carboxylic acid groups (broad SMARTS) is 1. The molecule has 2 amide bonds. The van der Waals surface area contributed by atoms with Gasteiger partial charge in [-0.25, -0.2) is 4.79 Å². The molecule has 2 aliphatic rings. The Morgan fingerprint density at radius 1 is 1.03 bits per heavy atom. The zero-order valence-corrected chi connectivity index (χ0v) is 18.1. The number of carbonyl (C=O) groups excluding carboxylic acids is 2. The molecule has 7 nitrogen and oxygen atoms in total. The molecule has 0 radical (unpaired) electrons. The fraction of sp³-hybridized carbons (Fsp3) is 0.400. The van der Waals surface area contributed by atoms with Gasteiger partial charge in [-0.1, -0.05) is 48.5 Å². The van der Waals surface area contributed by atoms with E-state index in [1.165, 1.54) is 16.0 Å². The number of aliphatic carboxylic acids is 1. The van der Waals surface area contributed by atoms with Gasteiger partial charge in [0.15, 0.2) is 0 Å². The molecule has 0 heterocycles. The van der Waals surface area contributed by atoms with Crippen molar-refractivity contribution >= 4 is 18.0 Å². The largest absolute Gasteiger partial charge is 0.481 e. The summed E-state index contributed by atoms with van der Waals surface area (Å²) in [5.74, 6) is -1.18. The minimum Gasteiger partial charge on any atom is -0.481 e. The van der Waals surface area contributed by atoms with Crippen molar-refractivity contribution < 1.29 is 24.2 Å². The summed E-state index contributed by atoms with van der Waals surface area (Å²) in [7, 11) is 1.62. The average Bonchev–Trinajstić information content (AvgIpc) is 3.38. The number of nitrogens with zero attached hydrogens (tertiary/aromatic N) is 1. The topological polar surface area (TPSA) is 95.9 Å². The van der Waals surface area contributed by atoms with Crippen LogP contribution in [0.1, 0.15) is 42.7 Å². The molecule has 0 spiro atoms. The number of rotatable bonds is 7. The number of carbonyl (C=O) groups is 3. The Hall–Kier alpha value is -3.35. The lowest BCUT2D eigenvalue weighted by molar-refractivity contribution is -0.139. The Morgan fingerprint density at radius 2 is 1.66 bits per heavy atom. The molecule has 7 heteroatoms. The van der Waals surface area contributed by atoms with Crippen molar-refractivity contribution in [1.82, 2.24) is 10.2 Å². The van der Waals surface area contributed by atoms with Crippen LogP contribution in [0.25, 0.3) is 11.1 Å². The lowest BCUT2D eigenvalue weighted by atomic mass is 9.98. The van der Waals surface area contributed by atoms with Crippen LogP contribution in [0.15, 0.2) is 48.5 Å². The molecule has 2 aromatic carbocycles. The highest BCUT2D eigenvalue weighted by Crippen LogP contribution is 2.44. The number of carboxylic acids is 1. The third-order valence-corrected chi connectivity index (χ3v) is 6.48. The van der Waals surface area contributed by atoms with Gasteiger partial charge in [-0.2, -0.15) is 0 Å². The molecular formula is C25H28N2O5. The first-order valence-electron chi connectivity index (χ1n) is 11.0. The van der Waals surface area contributed by atoms with E-state index in [9.17, 15) is 14.4 Å². The normalized spacial score (nSPS) is 19.2. The number of fused-ring (bicyclic) bond motifs is 3. The lowest BCUT2D eigenvalue weighted by Crippen LogP contribution is -2.36. The first-order valence-corrected chi connectivity index (χ1v) is 11.0. The molecule has 0 aliphatic heterocycles. The Kier molecular flexibility index (Phi) is 6.44. The van der Waals surface area contributed by atoms with E-state index >= 15 is 0 Å². The highest BCUT2D eigenvalue weighted by molar-refractivity contribution is 5.80. The van der Waals surface area contributed by atoms with E-state index in [-0.39, 0.29) is 43.4 Å². The summed E-state index contributed by atoms with van der Waals surface area (Å²) in [6.45, 7) is 0.446. The van der Waals surface area contributed by atoms with Gasteiger partial charge >= 0.3 is 12.1 Å². The molecular weight excluding hydrogens is 408 g/mol. The van der Waals surface area contributed by atoms with Crippen LogP contribution in [0, 0.1) is 5.92 Å². The molecule has 1 saturated carbocycles. The molecule has 2 atom stereocenters. The fourth-order valence-electron chi connectivity index (χ4n) is 4.83. The van der Waals surface area contributed by atoms with Crippen molar-refractivity contribution in [3.63, 3.8) is 0 Å². The van der Waals surface area contributed by atoms with Gasteiger partial charge in [0.2, 0.25) is 5.91 Å². The van der Waals surface area contributed by atoms with E-state index in [2.05, 4.69) is 29.6 Å². The van der Waals surface area contributed by atoms with Gasteiger partial charge in [0.1, 0.15) is 6.61 Å². The molecule has 0 saturated heterocycles. The summed E-state index contributed by atoms with van der Waals surface area (Å²) >= 11 is 0. The summed E-state index contributed by atoms with van der Waals surface area (Å²) < 4.78 is 5.60. The maximum atomic E-state index is 12.5. The molecule has 0 unspecified atom stereocenters. The SMILES string of the molecule is CN(CCC(=O)O)C(=O)[C@H]1CC[C@@H](NC(=O)OCC2c3ccccc3-c3ccccc32)C1. The van der Waals surface area contributed by atoms with Crippen molar-refractivity contribution in [3.05, 3.63) is 59.7 Å². The van der Waals surface area contributed by atoms with Crippen LogP contribution in [0.5, 0.6) is 0 Å². The van der Waals surface area contributed by atoms with Crippen LogP contribution in [0.2, 0.25) is 0 Å². The van der Waals surface area contributed by atoms with E-state index in [1.807, 2.05) is 24.3 Å². The Bertz CT molecular complexity index is 975. The zero-order chi connectivity index (χ0) is 22.7. The van der Waals surface area contributed by atoms with Crippen LogP contribution in [-0.2, 0) is 14.3 Å². The number of amides is 2. The highest BCUT2D eigenvalue weighted by atomic mass is 16.5. The minimum absolute atomic E-state index is 0.00828. The number of alkyl carbamates (subject to hydrolysis) is 1. The monoisotopic (exact) mass is 436 g/mol. The third kappa shape index (κ3) is 4.61. The van der Waals surface area contributed by atoms with Crippen molar-refractivity contribution in [1.29, 1.82) is 0 Å². The van der Waals surface area contributed by atoms with Gasteiger partial charge in [-0.05, 0) is 41.5 Å². The third-order valence-electron chi connectivity index (χ3n) is 6.48. The summed E-state index contributed by atoms with van der Waals surface area (Å²) in [6.07, 6.45) is 1.37. The quantitative estimate of drug-likeness (QED) is 0.691. The van der Waals surface area contributed by atoms with Crippen molar-refractivity contribution in [2.24, 2.45) is 5.92 Å². The molecule has 1 fully saturated rings. The number of ether oxygens (including phenoxy) is 1. The van der Waals surface area contributed by atoms with E-state index in [0.29, 0.717) is 19.3 Å². The lowest BCUT2D eigenvalue weighted by Gasteiger charge is -2.20. The Balaban J connectivity index is 1.29. The van der Waals surface area contributed by atoms with Crippen LogP contribution in [-0.4, -0.2) is 54.2 Å². The Labute approximate surface area is 187 Å². The number of nitrogens with one attached hydrogen (secondary N) is 1. The zero-order valence-electron chi connectivity index (χ0n) is 18.1. The van der Waals surface area contributed by atoms with E-state index < -0.39 is 12.1 Å². The standard InChI is InChI=1S/C25H28N2O5/c1-27(13-12-23(28)29)24(30)16-10-11-17(14-16)26-25(31)32-15-22-20-8-4-2-6-18(20)19-7-3-5-9-21(19)22/h2-9,16-17,22H,10-15H2,1H3,(H,26,31)(H,28,29)/t16-,17+/m0/s1. The predicted octanol–water partition coefficient (Wildman–Crippen LogP) is 3.63. The van der Waals surface area contributed by atoms with E-state index in [1.54, 1.807) is 7.05 Å². The maximum absolute atomic E-state index is 12.5. The smallest absolute Gasteiger partial charge is 0.407 e. The fourth-order valence-corrected chi connectivity index (χ4v) is 4.83. The van der Waals surface area contributed by atoms with Gasteiger partial charge in [0.05, 0.1) is 6.42 Å². The first-order chi connectivity index (χ1) is 15.4. The predicted molar refractivity (Wildman–Crippen MR) is 119 cm³/mol. The minimum atomic E-state index is -0.925. The van der Waals surface area contributed by atoms with Crippen molar-refractivity contribution in [2.45, 2.75) is 37.6 Å². The molecule has 0 aromatic heterocycles. The molecule has 2 N–H and O–H groups in total. The molecule has 32 heavy (non-hydrogen) atoms. The van der Waals surface area contributed by atoms with Gasteiger partial charge in [-0.3, -0.25) is 9.59 Å². The van der Waals surface area contributed by atoms with E-state index in [0.717, 1.165) is 11.1 Å². The van der Waals surface area contributed by atoms with Gasteiger partial charge in [-0.15, -0.1) is 0 Å². The second-order valence-electron chi connectivity index (χ2n) is 8.58. The molecule has 0 bridgehead atoms. The Morgan fingerprint density at radius 3 is 2.28 bits per heavy atom. The van der Waals surface area contributed by atoms with Crippen molar-refractivity contribution in [2.75, 3.05) is 20.2 Å². The molecule has 2 aliphatic carbocycles. The van der Waals surface area contributed by atoms with E-state index in [4.69, 9.17) is 9.84 Å². The second kappa shape index (κ2) is 9.42. The summed E-state index contributed by atoms with van der Waals surface area (Å²) in [5.41, 5.74) is 4.69. The van der Waals surface area contributed by atoms with Gasteiger partial charge < -0.3 is 20.1 Å².